The first-order chi connectivity index (χ1) is 8.55. The van der Waals surface area contributed by atoms with Crippen LogP contribution in [0.2, 0.25) is 0 Å². The molecule has 0 aromatic carbocycles. The fraction of sp³-hybridized carbons (Fsp3) is 1.00. The lowest BCUT2D eigenvalue weighted by Crippen LogP contribution is -2.56. The summed E-state index contributed by atoms with van der Waals surface area (Å²) in [5.74, 6) is 0.431. The average Bonchev–Trinajstić information content (AvgIpc) is 2.61. The second kappa shape index (κ2) is 5.88. The molecule has 1 aliphatic carbocycles. The number of aliphatic hydroxyl groups excluding tert-OH is 1. The molecule has 1 aliphatic heterocycles. The fourth-order valence-electron chi connectivity index (χ4n) is 3.13. The van der Waals surface area contributed by atoms with E-state index in [-0.39, 0.29) is 23.7 Å². The molecule has 1 saturated carbocycles. The minimum absolute atomic E-state index is 0.0546. The van der Waals surface area contributed by atoms with Crippen LogP contribution < -0.4 is 5.32 Å². The zero-order valence-electron chi connectivity index (χ0n) is 11.0. The molecule has 0 bridgehead atoms. The minimum atomic E-state index is -2.86. The van der Waals surface area contributed by atoms with E-state index in [0.29, 0.717) is 18.9 Å². The molecule has 18 heavy (non-hydrogen) atoms. The molecule has 2 N–H and O–H groups in total. The SMILES string of the molecule is O=S1(=O)CCC(CO)(NC2CCCCCC2)CC1. The van der Waals surface area contributed by atoms with E-state index >= 15 is 0 Å². The molecule has 0 aromatic heterocycles. The summed E-state index contributed by atoms with van der Waals surface area (Å²) in [6.45, 7) is 0.0546. The highest BCUT2D eigenvalue weighted by atomic mass is 32.2. The van der Waals surface area contributed by atoms with Gasteiger partial charge in [0.05, 0.1) is 18.1 Å². The minimum Gasteiger partial charge on any atom is -0.394 e. The largest absolute Gasteiger partial charge is 0.394 e. The van der Waals surface area contributed by atoms with Crippen LogP contribution in [0.1, 0.15) is 51.4 Å². The van der Waals surface area contributed by atoms with Gasteiger partial charge >= 0.3 is 0 Å². The third-order valence-electron chi connectivity index (χ3n) is 4.45. The normalized spacial score (nSPS) is 28.7. The van der Waals surface area contributed by atoms with Crippen molar-refractivity contribution in [3.63, 3.8) is 0 Å². The molecule has 0 radical (unpaired) electrons. The summed E-state index contributed by atoms with van der Waals surface area (Å²) < 4.78 is 23.0. The molecule has 1 heterocycles. The van der Waals surface area contributed by atoms with Crippen LogP contribution in [0.15, 0.2) is 0 Å². The topological polar surface area (TPSA) is 66.4 Å². The van der Waals surface area contributed by atoms with Crippen LogP contribution in [0.5, 0.6) is 0 Å². The van der Waals surface area contributed by atoms with E-state index < -0.39 is 9.84 Å². The van der Waals surface area contributed by atoms with Crippen molar-refractivity contribution in [2.24, 2.45) is 0 Å². The summed E-state index contributed by atoms with van der Waals surface area (Å²) in [6, 6.07) is 0.459. The Balaban J connectivity index is 1.95. The molecule has 0 atom stereocenters. The first-order valence-electron chi connectivity index (χ1n) is 7.14. The van der Waals surface area contributed by atoms with E-state index in [9.17, 15) is 13.5 Å². The van der Waals surface area contributed by atoms with Crippen LogP contribution in [-0.2, 0) is 9.84 Å². The van der Waals surface area contributed by atoms with Crippen molar-refractivity contribution < 1.29 is 13.5 Å². The van der Waals surface area contributed by atoms with Crippen LogP contribution in [-0.4, -0.2) is 43.2 Å². The van der Waals surface area contributed by atoms with E-state index in [4.69, 9.17) is 0 Å². The summed E-state index contributed by atoms with van der Waals surface area (Å²) >= 11 is 0. The molecule has 1 saturated heterocycles. The number of nitrogens with one attached hydrogen (secondary N) is 1. The zero-order valence-corrected chi connectivity index (χ0v) is 11.8. The molecule has 2 aliphatic rings. The lowest BCUT2D eigenvalue weighted by Gasteiger charge is -2.39. The van der Waals surface area contributed by atoms with Gasteiger partial charge in [-0.1, -0.05) is 25.7 Å². The third kappa shape index (κ3) is 3.68. The highest BCUT2D eigenvalue weighted by Crippen LogP contribution is 2.27. The number of sulfone groups is 1. The van der Waals surface area contributed by atoms with Crippen molar-refractivity contribution in [3.05, 3.63) is 0 Å². The van der Waals surface area contributed by atoms with Crippen molar-refractivity contribution in [3.8, 4) is 0 Å². The maximum absolute atomic E-state index is 11.5. The molecule has 0 aromatic rings. The predicted octanol–water partition coefficient (Wildman–Crippen LogP) is 1.24. The average molecular weight is 275 g/mol. The standard InChI is InChI=1S/C13H25NO3S/c15-11-13(7-9-18(16,17)10-8-13)14-12-5-3-1-2-4-6-12/h12,14-15H,1-11H2. The Bertz CT molecular complexity index is 344. The quantitative estimate of drug-likeness (QED) is 0.761. The first kappa shape index (κ1) is 14.3. The molecule has 2 rings (SSSR count). The molecule has 0 unspecified atom stereocenters. The number of hydrogen-bond acceptors (Lipinski definition) is 4. The maximum Gasteiger partial charge on any atom is 0.150 e. The Morgan fingerprint density at radius 2 is 1.61 bits per heavy atom. The summed E-state index contributed by atoms with van der Waals surface area (Å²) in [4.78, 5) is 0. The van der Waals surface area contributed by atoms with Gasteiger partial charge in [0.15, 0.2) is 0 Å². The Kier molecular flexibility index (Phi) is 4.67. The van der Waals surface area contributed by atoms with Gasteiger partial charge in [-0.15, -0.1) is 0 Å². The van der Waals surface area contributed by atoms with Crippen LogP contribution in [0.25, 0.3) is 0 Å². The molecule has 2 fully saturated rings. The lowest BCUT2D eigenvalue weighted by atomic mass is 9.91. The number of aliphatic hydroxyl groups is 1. The number of hydrogen-bond donors (Lipinski definition) is 2. The Hall–Kier alpha value is -0.130. The molecule has 106 valence electrons. The van der Waals surface area contributed by atoms with E-state index in [1.54, 1.807) is 0 Å². The highest BCUT2D eigenvalue weighted by Gasteiger charge is 2.38. The molecule has 5 heteroatoms. The summed E-state index contributed by atoms with van der Waals surface area (Å²) in [5.41, 5.74) is -0.347. The maximum atomic E-state index is 11.5. The van der Waals surface area contributed by atoms with E-state index in [1.165, 1.54) is 25.7 Å². The van der Waals surface area contributed by atoms with Gasteiger partial charge in [0.25, 0.3) is 0 Å². The van der Waals surface area contributed by atoms with E-state index in [1.807, 2.05) is 0 Å². The van der Waals surface area contributed by atoms with Gasteiger partial charge in [0.1, 0.15) is 9.84 Å². The van der Waals surface area contributed by atoms with E-state index in [2.05, 4.69) is 5.32 Å². The molecular formula is C13H25NO3S. The van der Waals surface area contributed by atoms with Gasteiger partial charge in [-0.2, -0.15) is 0 Å². The molecule has 4 nitrogen and oxygen atoms in total. The third-order valence-corrected chi connectivity index (χ3v) is 6.10. The monoisotopic (exact) mass is 275 g/mol. The zero-order chi connectivity index (χ0) is 13.1. The summed E-state index contributed by atoms with van der Waals surface area (Å²) in [5, 5.41) is 13.2. The Morgan fingerprint density at radius 1 is 1.06 bits per heavy atom. The van der Waals surface area contributed by atoms with Crippen molar-refractivity contribution >= 4 is 9.84 Å². The van der Waals surface area contributed by atoms with Crippen LogP contribution in [0.4, 0.5) is 0 Å². The summed E-state index contributed by atoms with van der Waals surface area (Å²) in [6.07, 6.45) is 8.54. The van der Waals surface area contributed by atoms with Gasteiger partial charge in [0.2, 0.25) is 0 Å². The van der Waals surface area contributed by atoms with Gasteiger partial charge in [-0.3, -0.25) is 0 Å². The van der Waals surface area contributed by atoms with Gasteiger partial charge < -0.3 is 10.4 Å². The van der Waals surface area contributed by atoms with E-state index in [0.717, 1.165) is 12.8 Å². The Labute approximate surface area is 110 Å². The number of rotatable bonds is 3. The van der Waals surface area contributed by atoms with Gasteiger partial charge in [-0.25, -0.2) is 8.42 Å². The second-order valence-corrected chi connectivity index (χ2v) is 8.23. The van der Waals surface area contributed by atoms with Gasteiger partial charge in [0, 0.05) is 11.6 Å². The van der Waals surface area contributed by atoms with Crippen LogP contribution in [0, 0.1) is 0 Å². The van der Waals surface area contributed by atoms with Crippen LogP contribution >= 0.6 is 0 Å². The van der Waals surface area contributed by atoms with Crippen molar-refractivity contribution in [2.45, 2.75) is 62.9 Å². The van der Waals surface area contributed by atoms with Gasteiger partial charge in [-0.05, 0) is 25.7 Å². The smallest absolute Gasteiger partial charge is 0.150 e. The fourth-order valence-corrected chi connectivity index (χ4v) is 4.74. The van der Waals surface area contributed by atoms with Crippen molar-refractivity contribution in [1.82, 2.24) is 5.32 Å². The van der Waals surface area contributed by atoms with Crippen LogP contribution in [0.3, 0.4) is 0 Å². The molecule has 0 spiro atoms. The summed E-state index contributed by atoms with van der Waals surface area (Å²) in [7, 11) is -2.86. The lowest BCUT2D eigenvalue weighted by molar-refractivity contribution is 0.132. The first-order valence-corrected chi connectivity index (χ1v) is 8.96. The molecule has 0 amide bonds. The Morgan fingerprint density at radius 3 is 2.11 bits per heavy atom. The van der Waals surface area contributed by atoms with Crippen molar-refractivity contribution in [2.75, 3.05) is 18.1 Å². The van der Waals surface area contributed by atoms with Crippen molar-refractivity contribution in [1.29, 1.82) is 0 Å². The second-order valence-electron chi connectivity index (χ2n) is 5.92. The predicted molar refractivity (Wildman–Crippen MR) is 72.3 cm³/mol. The molecular weight excluding hydrogens is 250 g/mol. The highest BCUT2D eigenvalue weighted by molar-refractivity contribution is 7.91.